The Morgan fingerprint density at radius 1 is 1.12 bits per heavy atom. The summed E-state index contributed by atoms with van der Waals surface area (Å²) in [6, 6.07) is 0. The third-order valence-corrected chi connectivity index (χ3v) is 4.02. The molecule has 0 aromatic heterocycles. The Hall–Kier alpha value is -1.45. The summed E-state index contributed by atoms with van der Waals surface area (Å²) in [6.45, 7) is 0. The van der Waals surface area contributed by atoms with Gasteiger partial charge in [-0.1, -0.05) is 12.2 Å². The van der Waals surface area contributed by atoms with Crippen LogP contribution in [0.1, 0.15) is 25.7 Å². The second kappa shape index (κ2) is 3.79. The highest BCUT2D eigenvalue weighted by Crippen LogP contribution is 2.44. The Morgan fingerprint density at radius 2 is 1.82 bits per heavy atom. The van der Waals surface area contributed by atoms with Crippen molar-refractivity contribution in [1.29, 1.82) is 0 Å². The molecule has 0 radical (unpaired) electrons. The van der Waals surface area contributed by atoms with E-state index < -0.39 is 6.10 Å². The highest BCUT2D eigenvalue weighted by Gasteiger charge is 2.44. The number of carbonyl (C=O) groups excluding carboxylic acids is 3. The molecule has 0 aromatic carbocycles. The zero-order valence-corrected chi connectivity index (χ0v) is 9.43. The van der Waals surface area contributed by atoms with Crippen LogP contribution >= 0.6 is 0 Å². The lowest BCUT2D eigenvalue weighted by molar-refractivity contribution is -0.161. The highest BCUT2D eigenvalue weighted by molar-refractivity contribution is 6.12. The molecule has 2 fully saturated rings. The van der Waals surface area contributed by atoms with Crippen LogP contribution in [0.5, 0.6) is 0 Å². The molecule has 2 bridgehead atoms. The molecule has 0 saturated heterocycles. The summed E-state index contributed by atoms with van der Waals surface area (Å²) >= 11 is 0. The van der Waals surface area contributed by atoms with E-state index >= 15 is 0 Å². The van der Waals surface area contributed by atoms with E-state index in [1.165, 1.54) is 0 Å². The third kappa shape index (κ3) is 1.72. The van der Waals surface area contributed by atoms with E-state index in [0.717, 1.165) is 12.8 Å². The van der Waals surface area contributed by atoms with Gasteiger partial charge in [0.15, 0.2) is 11.6 Å². The first-order valence-electron chi connectivity index (χ1n) is 6.09. The fraction of sp³-hybridized carbons (Fsp3) is 0.615. The predicted molar refractivity (Wildman–Crippen MR) is 58.0 cm³/mol. The number of carbonyl (C=O) groups is 3. The summed E-state index contributed by atoms with van der Waals surface area (Å²) in [5.74, 6) is -0.280. The van der Waals surface area contributed by atoms with Crippen LogP contribution in [0, 0.1) is 17.8 Å². The standard InChI is InChI=1S/C13H14O4/c14-10-3-4-11(15)12(10)17-13(16)9-6-7-1-2-8(9)5-7/h1-2,7-9,12H,3-6H2. The molecule has 0 aliphatic heterocycles. The average molecular weight is 234 g/mol. The smallest absolute Gasteiger partial charge is 0.310 e. The van der Waals surface area contributed by atoms with Crippen LogP contribution in [-0.4, -0.2) is 23.6 Å². The fourth-order valence-corrected chi connectivity index (χ4v) is 3.07. The topological polar surface area (TPSA) is 60.4 Å². The van der Waals surface area contributed by atoms with Crippen molar-refractivity contribution in [2.75, 3.05) is 0 Å². The van der Waals surface area contributed by atoms with E-state index in [9.17, 15) is 14.4 Å². The summed E-state index contributed by atoms with van der Waals surface area (Å²) in [5.41, 5.74) is 0. The van der Waals surface area contributed by atoms with Crippen molar-refractivity contribution in [3.63, 3.8) is 0 Å². The van der Waals surface area contributed by atoms with E-state index in [0.29, 0.717) is 5.92 Å². The van der Waals surface area contributed by atoms with Gasteiger partial charge in [0, 0.05) is 12.8 Å². The molecule has 3 aliphatic carbocycles. The van der Waals surface area contributed by atoms with Crippen molar-refractivity contribution in [3.8, 4) is 0 Å². The van der Waals surface area contributed by atoms with Crippen molar-refractivity contribution < 1.29 is 19.1 Å². The van der Waals surface area contributed by atoms with Gasteiger partial charge in [-0.15, -0.1) is 0 Å². The average Bonchev–Trinajstić information content (AvgIpc) is 2.99. The van der Waals surface area contributed by atoms with Gasteiger partial charge in [0.25, 0.3) is 0 Å². The minimum absolute atomic E-state index is 0.147. The van der Waals surface area contributed by atoms with Crippen LogP contribution in [-0.2, 0) is 19.1 Å². The second-order valence-corrected chi connectivity index (χ2v) is 5.14. The number of hydrogen-bond acceptors (Lipinski definition) is 4. The number of fused-ring (bicyclic) bond motifs is 2. The van der Waals surface area contributed by atoms with Gasteiger partial charge >= 0.3 is 5.97 Å². The van der Waals surface area contributed by atoms with Crippen molar-refractivity contribution in [1.82, 2.24) is 0 Å². The zero-order chi connectivity index (χ0) is 12.0. The number of rotatable bonds is 2. The Bertz CT molecular complexity index is 407. The third-order valence-electron chi connectivity index (χ3n) is 4.02. The van der Waals surface area contributed by atoms with Crippen LogP contribution in [0.2, 0.25) is 0 Å². The second-order valence-electron chi connectivity index (χ2n) is 5.14. The van der Waals surface area contributed by atoms with E-state index in [-0.39, 0.29) is 42.2 Å². The van der Waals surface area contributed by atoms with Gasteiger partial charge in [-0.25, -0.2) is 0 Å². The molecular weight excluding hydrogens is 220 g/mol. The van der Waals surface area contributed by atoms with Crippen LogP contribution in [0.3, 0.4) is 0 Å². The molecule has 0 aromatic rings. The number of Topliss-reactive ketones (excluding diaryl/α,β-unsaturated/α-hetero) is 2. The van der Waals surface area contributed by atoms with Gasteiger partial charge in [0.2, 0.25) is 6.10 Å². The monoisotopic (exact) mass is 234 g/mol. The Labute approximate surface area is 99.0 Å². The van der Waals surface area contributed by atoms with Crippen LogP contribution in [0.25, 0.3) is 0 Å². The van der Waals surface area contributed by atoms with Gasteiger partial charge in [0.05, 0.1) is 5.92 Å². The Balaban J connectivity index is 1.66. The maximum atomic E-state index is 11.9. The molecule has 3 aliphatic rings. The maximum Gasteiger partial charge on any atom is 0.310 e. The number of esters is 1. The van der Waals surface area contributed by atoms with E-state index in [2.05, 4.69) is 12.2 Å². The van der Waals surface area contributed by atoms with Crippen molar-refractivity contribution in [2.45, 2.75) is 31.8 Å². The van der Waals surface area contributed by atoms with Gasteiger partial charge in [-0.05, 0) is 24.7 Å². The van der Waals surface area contributed by atoms with Gasteiger partial charge in [0.1, 0.15) is 0 Å². The molecule has 0 heterocycles. The maximum absolute atomic E-state index is 11.9. The summed E-state index contributed by atoms with van der Waals surface area (Å²) in [5, 5.41) is 0. The van der Waals surface area contributed by atoms with Crippen molar-refractivity contribution in [3.05, 3.63) is 12.2 Å². The molecule has 2 saturated carbocycles. The van der Waals surface area contributed by atoms with Gasteiger partial charge in [-0.3, -0.25) is 14.4 Å². The molecule has 0 N–H and O–H groups in total. The molecule has 0 amide bonds. The molecule has 4 heteroatoms. The summed E-state index contributed by atoms with van der Waals surface area (Å²) in [6.07, 6.45) is 5.33. The van der Waals surface area contributed by atoms with E-state index in [4.69, 9.17) is 4.74 Å². The van der Waals surface area contributed by atoms with Crippen molar-refractivity contribution in [2.24, 2.45) is 17.8 Å². The molecule has 3 rings (SSSR count). The minimum atomic E-state index is -1.11. The fourth-order valence-electron chi connectivity index (χ4n) is 3.07. The first-order chi connectivity index (χ1) is 8.15. The number of ether oxygens (including phenoxy) is 1. The van der Waals surface area contributed by atoms with Crippen LogP contribution < -0.4 is 0 Å². The van der Waals surface area contributed by atoms with Gasteiger partial charge < -0.3 is 4.74 Å². The zero-order valence-electron chi connectivity index (χ0n) is 9.43. The first-order valence-corrected chi connectivity index (χ1v) is 6.09. The Morgan fingerprint density at radius 3 is 2.35 bits per heavy atom. The Kier molecular flexibility index (Phi) is 2.38. The predicted octanol–water partition coefficient (Wildman–Crippen LogP) is 1.04. The SMILES string of the molecule is O=C1CCC(=O)C1OC(=O)C1CC2C=CC1C2. The van der Waals surface area contributed by atoms with E-state index in [1.807, 2.05) is 0 Å². The summed E-state index contributed by atoms with van der Waals surface area (Å²) in [4.78, 5) is 34.7. The van der Waals surface area contributed by atoms with Crippen LogP contribution in [0.15, 0.2) is 12.2 Å². The number of hydrogen-bond donors (Lipinski definition) is 0. The quantitative estimate of drug-likeness (QED) is 0.407. The first kappa shape index (κ1) is 10.7. The van der Waals surface area contributed by atoms with E-state index in [1.54, 1.807) is 0 Å². The number of ketones is 2. The molecule has 3 unspecified atom stereocenters. The van der Waals surface area contributed by atoms with Crippen molar-refractivity contribution >= 4 is 17.5 Å². The minimum Gasteiger partial charge on any atom is -0.446 e. The largest absolute Gasteiger partial charge is 0.446 e. The summed E-state index contributed by atoms with van der Waals surface area (Å²) in [7, 11) is 0. The van der Waals surface area contributed by atoms with Gasteiger partial charge in [-0.2, -0.15) is 0 Å². The normalized spacial score (nSPS) is 35.9. The lowest BCUT2D eigenvalue weighted by Crippen LogP contribution is -2.32. The molecule has 90 valence electrons. The molecule has 0 spiro atoms. The molecule has 17 heavy (non-hydrogen) atoms. The number of allylic oxidation sites excluding steroid dienone is 2. The lowest BCUT2D eigenvalue weighted by atomic mass is 9.94. The summed E-state index contributed by atoms with van der Waals surface area (Å²) < 4.78 is 5.10. The highest BCUT2D eigenvalue weighted by atomic mass is 16.6. The molecule has 4 nitrogen and oxygen atoms in total. The molecular formula is C13H14O4. The van der Waals surface area contributed by atoms with Crippen LogP contribution in [0.4, 0.5) is 0 Å². The molecule has 3 atom stereocenters. The lowest BCUT2D eigenvalue weighted by Gasteiger charge is -2.18.